The molecule has 0 aliphatic heterocycles. The minimum Gasteiger partial charge on any atom is 1.00 e. The Bertz CT molecular complexity index is 199. The molecule has 6 nitrogen and oxygen atoms in total. The average Bonchev–Trinajstić information content (AvgIpc) is 2.31. The molecule has 0 fully saturated rings. The molecule has 0 radical (unpaired) electrons. The average molecular weight is 364 g/mol. The van der Waals surface area contributed by atoms with Gasteiger partial charge in [-0.1, -0.05) is 0 Å². The molecule has 0 aromatic heterocycles. The molecule has 0 aliphatic carbocycles. The topological polar surface area (TPSA) is 55.4 Å². The SMILES string of the molecule is CC[O][Ti-2]([O]CC)([O]CC)([O]CC)([O]CC)[O]CC.[Na+].[Na+]. The number of hydrogen-bond acceptors (Lipinski definition) is 6. The molecule has 0 saturated heterocycles. The van der Waals surface area contributed by atoms with Crippen molar-refractivity contribution in [3.8, 4) is 0 Å². The van der Waals surface area contributed by atoms with Crippen LogP contribution in [0, 0.1) is 0 Å². The molecule has 0 aliphatic rings. The van der Waals surface area contributed by atoms with Crippen LogP contribution < -0.4 is 59.1 Å². The van der Waals surface area contributed by atoms with Crippen LogP contribution in [0.25, 0.3) is 0 Å². The van der Waals surface area contributed by atoms with Crippen molar-refractivity contribution in [2.24, 2.45) is 0 Å². The molecule has 21 heavy (non-hydrogen) atoms. The third-order valence-electron chi connectivity index (χ3n) is 2.63. The number of rotatable bonds is 12. The van der Waals surface area contributed by atoms with E-state index in [1.165, 1.54) is 0 Å². The van der Waals surface area contributed by atoms with E-state index in [0.29, 0.717) is 39.6 Å². The first-order chi connectivity index (χ1) is 8.97. The van der Waals surface area contributed by atoms with E-state index in [4.69, 9.17) is 19.9 Å². The van der Waals surface area contributed by atoms with E-state index in [2.05, 4.69) is 0 Å². The van der Waals surface area contributed by atoms with E-state index >= 15 is 0 Å². The maximum Gasteiger partial charge on any atom is 1.00 e. The fourth-order valence-corrected chi connectivity index (χ4v) is 9.87. The molecule has 0 aromatic carbocycles. The molecule has 0 aromatic rings. The Kier molecular flexibility index (Phi) is 16.1. The van der Waals surface area contributed by atoms with Crippen molar-refractivity contribution in [2.75, 3.05) is 39.6 Å². The Balaban J connectivity index is -0.00000162. The second-order valence-corrected chi connectivity index (χ2v) is 10.5. The summed E-state index contributed by atoms with van der Waals surface area (Å²) in [6.07, 6.45) is 0. The van der Waals surface area contributed by atoms with Crippen molar-refractivity contribution in [3.05, 3.63) is 0 Å². The summed E-state index contributed by atoms with van der Waals surface area (Å²) >= 11 is -5.82. The first-order valence-corrected chi connectivity index (χ1v) is 11.0. The minimum atomic E-state index is -5.82. The molecule has 0 atom stereocenters. The zero-order chi connectivity index (χ0) is 14.9. The van der Waals surface area contributed by atoms with Crippen LogP contribution in [-0.4, -0.2) is 39.6 Å². The summed E-state index contributed by atoms with van der Waals surface area (Å²) < 4.78 is 35.3. The van der Waals surface area contributed by atoms with Gasteiger partial charge in [0.15, 0.2) is 0 Å². The molecule has 0 saturated carbocycles. The van der Waals surface area contributed by atoms with Gasteiger partial charge >= 0.3 is 177 Å². The van der Waals surface area contributed by atoms with E-state index in [1.807, 2.05) is 41.5 Å². The molecular formula is C12H30Na2O6Ti. The summed E-state index contributed by atoms with van der Waals surface area (Å²) in [5, 5.41) is 0. The van der Waals surface area contributed by atoms with E-state index in [9.17, 15) is 0 Å². The second-order valence-electron chi connectivity index (χ2n) is 3.85. The first kappa shape index (κ1) is 28.3. The van der Waals surface area contributed by atoms with Gasteiger partial charge in [-0.05, 0) is 0 Å². The smallest absolute Gasteiger partial charge is 1.00 e. The Labute approximate surface area is 174 Å². The predicted octanol–water partition coefficient (Wildman–Crippen LogP) is -3.07. The van der Waals surface area contributed by atoms with Gasteiger partial charge in [-0.15, -0.1) is 0 Å². The van der Waals surface area contributed by atoms with Crippen LogP contribution in [-0.2, 0) is 36.3 Å². The molecular weight excluding hydrogens is 334 g/mol. The van der Waals surface area contributed by atoms with Gasteiger partial charge in [0.25, 0.3) is 0 Å². The quantitative estimate of drug-likeness (QED) is 0.343. The van der Waals surface area contributed by atoms with Crippen LogP contribution >= 0.6 is 0 Å². The standard InChI is InChI=1S/6C2H5O.2Na.Ti/c6*1-2-3;;;/h6*2H2,1H3;;;/q6*-1;2*+1;+4. The van der Waals surface area contributed by atoms with E-state index in [0.717, 1.165) is 0 Å². The van der Waals surface area contributed by atoms with Crippen LogP contribution in [0.2, 0.25) is 0 Å². The molecule has 0 amide bonds. The molecule has 0 rings (SSSR count). The van der Waals surface area contributed by atoms with Crippen molar-refractivity contribution < 1.29 is 95.4 Å². The summed E-state index contributed by atoms with van der Waals surface area (Å²) in [7, 11) is 0. The van der Waals surface area contributed by atoms with Crippen molar-refractivity contribution >= 4 is 0 Å². The zero-order valence-corrected chi connectivity index (χ0v) is 20.8. The van der Waals surface area contributed by atoms with Crippen LogP contribution in [0.15, 0.2) is 0 Å². The van der Waals surface area contributed by atoms with Crippen LogP contribution in [0.5, 0.6) is 0 Å². The number of hydrogen-bond donors (Lipinski definition) is 0. The first-order valence-electron chi connectivity index (χ1n) is 7.20. The fraction of sp³-hybridized carbons (Fsp3) is 1.00. The molecule has 0 heterocycles. The summed E-state index contributed by atoms with van der Waals surface area (Å²) in [5.41, 5.74) is 0. The van der Waals surface area contributed by atoms with Crippen molar-refractivity contribution in [3.63, 3.8) is 0 Å². The van der Waals surface area contributed by atoms with Gasteiger partial charge in [-0.25, -0.2) is 0 Å². The largest absolute Gasteiger partial charge is 1.00 e. The van der Waals surface area contributed by atoms with E-state index in [1.54, 1.807) is 0 Å². The monoisotopic (exact) mass is 364 g/mol. The maximum atomic E-state index is 5.88. The Morgan fingerprint density at radius 3 is 0.667 bits per heavy atom. The molecule has 0 spiro atoms. The van der Waals surface area contributed by atoms with Gasteiger partial charge in [-0.2, -0.15) is 0 Å². The second kappa shape index (κ2) is 11.9. The normalized spacial score (nSPS) is 14.6. The van der Waals surface area contributed by atoms with Crippen LogP contribution in [0.3, 0.4) is 0 Å². The summed E-state index contributed by atoms with van der Waals surface area (Å²) in [6.45, 7) is 12.9. The maximum absolute atomic E-state index is 5.88. The zero-order valence-electron chi connectivity index (χ0n) is 15.2. The Hall–Kier alpha value is 2.47. The Morgan fingerprint density at radius 2 is 0.571 bits per heavy atom. The molecule has 0 N–H and O–H groups in total. The summed E-state index contributed by atoms with van der Waals surface area (Å²) in [4.78, 5) is 0. The third kappa shape index (κ3) is 6.36. The molecule has 0 bridgehead atoms. The minimum absolute atomic E-state index is 0. The van der Waals surface area contributed by atoms with Gasteiger partial charge < -0.3 is 0 Å². The van der Waals surface area contributed by atoms with Crippen molar-refractivity contribution in [1.29, 1.82) is 0 Å². The van der Waals surface area contributed by atoms with Crippen molar-refractivity contribution in [2.45, 2.75) is 41.5 Å². The summed E-state index contributed by atoms with van der Waals surface area (Å²) in [6, 6.07) is 0. The van der Waals surface area contributed by atoms with Crippen LogP contribution in [0.1, 0.15) is 41.5 Å². The van der Waals surface area contributed by atoms with E-state index < -0.39 is 16.4 Å². The van der Waals surface area contributed by atoms with Crippen molar-refractivity contribution in [1.82, 2.24) is 0 Å². The molecule has 0 unspecified atom stereocenters. The molecule has 120 valence electrons. The van der Waals surface area contributed by atoms with Crippen LogP contribution in [0.4, 0.5) is 0 Å². The van der Waals surface area contributed by atoms with Gasteiger partial charge in [0.2, 0.25) is 0 Å². The van der Waals surface area contributed by atoms with Gasteiger partial charge in [-0.3, -0.25) is 0 Å². The van der Waals surface area contributed by atoms with Gasteiger partial charge in [0.05, 0.1) is 0 Å². The Morgan fingerprint density at radius 1 is 0.429 bits per heavy atom. The fourth-order valence-electron chi connectivity index (χ4n) is 2.39. The predicted molar refractivity (Wildman–Crippen MR) is 69.8 cm³/mol. The van der Waals surface area contributed by atoms with Gasteiger partial charge in [0.1, 0.15) is 0 Å². The summed E-state index contributed by atoms with van der Waals surface area (Å²) in [5.74, 6) is 0. The van der Waals surface area contributed by atoms with E-state index in [-0.39, 0.29) is 59.1 Å². The third-order valence-corrected chi connectivity index (χ3v) is 10.9. The molecule has 9 heteroatoms. The van der Waals surface area contributed by atoms with Gasteiger partial charge in [0, 0.05) is 0 Å².